The van der Waals surface area contributed by atoms with Crippen LogP contribution < -0.4 is 5.32 Å². The first kappa shape index (κ1) is 11.0. The Morgan fingerprint density at radius 3 is 2.73 bits per heavy atom. The SMILES string of the molecule is CCNC1c2ccccc2SC(C)C1C. The molecular formula is C13H19NS. The Kier molecular flexibility index (Phi) is 3.37. The van der Waals surface area contributed by atoms with Crippen molar-refractivity contribution in [3.05, 3.63) is 29.8 Å². The molecule has 82 valence electrons. The van der Waals surface area contributed by atoms with E-state index in [1.807, 2.05) is 11.8 Å². The third-order valence-corrected chi connectivity index (χ3v) is 4.68. The van der Waals surface area contributed by atoms with Crippen LogP contribution in [0.2, 0.25) is 0 Å². The Labute approximate surface area is 96.7 Å². The molecule has 0 amide bonds. The van der Waals surface area contributed by atoms with Crippen LogP contribution >= 0.6 is 11.8 Å². The summed E-state index contributed by atoms with van der Waals surface area (Å²) in [7, 11) is 0. The van der Waals surface area contributed by atoms with Crippen LogP contribution in [0.4, 0.5) is 0 Å². The van der Waals surface area contributed by atoms with Crippen molar-refractivity contribution in [2.24, 2.45) is 5.92 Å². The molecule has 1 aromatic rings. The maximum atomic E-state index is 3.61. The summed E-state index contributed by atoms with van der Waals surface area (Å²) in [6, 6.07) is 9.32. The first-order chi connectivity index (χ1) is 7.24. The maximum absolute atomic E-state index is 3.61. The van der Waals surface area contributed by atoms with Crippen LogP contribution in [0.25, 0.3) is 0 Å². The van der Waals surface area contributed by atoms with Crippen molar-refractivity contribution in [3.63, 3.8) is 0 Å². The number of nitrogens with one attached hydrogen (secondary N) is 1. The average molecular weight is 221 g/mol. The highest BCUT2D eigenvalue weighted by atomic mass is 32.2. The van der Waals surface area contributed by atoms with E-state index < -0.39 is 0 Å². The number of fused-ring (bicyclic) bond motifs is 1. The normalized spacial score (nSPS) is 29.9. The average Bonchev–Trinajstić information content (AvgIpc) is 2.25. The minimum absolute atomic E-state index is 0.530. The van der Waals surface area contributed by atoms with Gasteiger partial charge in [-0.3, -0.25) is 0 Å². The highest BCUT2D eigenvalue weighted by Gasteiger charge is 2.30. The molecule has 3 unspecified atom stereocenters. The summed E-state index contributed by atoms with van der Waals surface area (Å²) in [5.41, 5.74) is 1.48. The van der Waals surface area contributed by atoms with E-state index in [0.29, 0.717) is 17.2 Å². The summed E-state index contributed by atoms with van der Waals surface area (Å²) in [5.74, 6) is 0.699. The first-order valence-corrected chi connectivity index (χ1v) is 6.61. The van der Waals surface area contributed by atoms with Gasteiger partial charge >= 0.3 is 0 Å². The number of thioether (sulfide) groups is 1. The van der Waals surface area contributed by atoms with E-state index in [1.165, 1.54) is 10.5 Å². The molecule has 0 aromatic heterocycles. The Hall–Kier alpha value is -0.470. The van der Waals surface area contributed by atoms with Crippen molar-refractivity contribution in [3.8, 4) is 0 Å². The lowest BCUT2D eigenvalue weighted by atomic mass is 9.91. The second-order valence-electron chi connectivity index (χ2n) is 4.26. The molecule has 3 atom stereocenters. The Morgan fingerprint density at radius 1 is 1.27 bits per heavy atom. The summed E-state index contributed by atoms with van der Waals surface area (Å²) in [6.07, 6.45) is 0. The molecule has 0 fully saturated rings. The maximum Gasteiger partial charge on any atom is 0.0367 e. The second-order valence-corrected chi connectivity index (χ2v) is 5.67. The molecule has 0 aliphatic carbocycles. The van der Waals surface area contributed by atoms with Crippen molar-refractivity contribution >= 4 is 11.8 Å². The summed E-state index contributed by atoms with van der Waals surface area (Å²) in [5, 5.41) is 4.31. The van der Waals surface area contributed by atoms with Crippen LogP contribution in [0.1, 0.15) is 32.4 Å². The van der Waals surface area contributed by atoms with E-state index in [-0.39, 0.29) is 0 Å². The molecule has 0 saturated carbocycles. The third-order valence-electron chi connectivity index (χ3n) is 3.26. The van der Waals surface area contributed by atoms with Crippen molar-refractivity contribution in [2.75, 3.05) is 6.54 Å². The van der Waals surface area contributed by atoms with Gasteiger partial charge in [-0.15, -0.1) is 11.8 Å². The smallest absolute Gasteiger partial charge is 0.0367 e. The minimum atomic E-state index is 0.530. The van der Waals surface area contributed by atoms with Crippen LogP contribution in [-0.2, 0) is 0 Å². The monoisotopic (exact) mass is 221 g/mol. The molecule has 1 aliphatic rings. The molecule has 1 aromatic carbocycles. The van der Waals surface area contributed by atoms with Gasteiger partial charge in [0, 0.05) is 16.2 Å². The highest BCUT2D eigenvalue weighted by Crippen LogP contribution is 2.43. The molecule has 1 aliphatic heterocycles. The molecule has 1 heterocycles. The van der Waals surface area contributed by atoms with Gasteiger partial charge in [-0.05, 0) is 24.1 Å². The van der Waals surface area contributed by atoms with E-state index in [2.05, 4.69) is 50.4 Å². The highest BCUT2D eigenvalue weighted by molar-refractivity contribution is 8.00. The summed E-state index contributed by atoms with van der Waals surface area (Å²) >= 11 is 2.01. The lowest BCUT2D eigenvalue weighted by Crippen LogP contribution is -2.34. The van der Waals surface area contributed by atoms with Gasteiger partial charge in [-0.2, -0.15) is 0 Å². The molecule has 2 heteroatoms. The van der Waals surface area contributed by atoms with Gasteiger partial charge < -0.3 is 5.32 Å². The molecule has 0 bridgehead atoms. The number of rotatable bonds is 2. The standard InChI is InChI=1S/C13H19NS/c1-4-14-13-9(2)10(3)15-12-8-6-5-7-11(12)13/h5-10,13-14H,4H2,1-3H3. The van der Waals surface area contributed by atoms with Gasteiger partial charge in [0.15, 0.2) is 0 Å². The molecule has 15 heavy (non-hydrogen) atoms. The quantitative estimate of drug-likeness (QED) is 0.820. The molecule has 2 rings (SSSR count). The second kappa shape index (κ2) is 4.58. The lowest BCUT2D eigenvalue weighted by molar-refractivity contribution is 0.380. The van der Waals surface area contributed by atoms with E-state index in [9.17, 15) is 0 Å². The predicted molar refractivity (Wildman–Crippen MR) is 67.3 cm³/mol. The molecule has 1 nitrogen and oxygen atoms in total. The van der Waals surface area contributed by atoms with Crippen molar-refractivity contribution in [1.82, 2.24) is 5.32 Å². The van der Waals surface area contributed by atoms with Gasteiger partial charge in [-0.1, -0.05) is 39.0 Å². The summed E-state index contributed by atoms with van der Waals surface area (Å²) in [4.78, 5) is 1.45. The van der Waals surface area contributed by atoms with Crippen LogP contribution in [0.5, 0.6) is 0 Å². The summed E-state index contributed by atoms with van der Waals surface area (Å²) < 4.78 is 0. The van der Waals surface area contributed by atoms with Gasteiger partial charge in [0.1, 0.15) is 0 Å². The molecule has 1 N–H and O–H groups in total. The van der Waals surface area contributed by atoms with Gasteiger partial charge in [0.25, 0.3) is 0 Å². The third kappa shape index (κ3) is 2.06. The van der Waals surface area contributed by atoms with E-state index in [4.69, 9.17) is 0 Å². The fourth-order valence-electron chi connectivity index (χ4n) is 2.22. The van der Waals surface area contributed by atoms with E-state index >= 15 is 0 Å². The van der Waals surface area contributed by atoms with Crippen LogP contribution in [-0.4, -0.2) is 11.8 Å². The predicted octanol–water partition coefficient (Wildman–Crippen LogP) is 3.47. The molecule has 0 saturated heterocycles. The zero-order valence-electron chi connectivity index (χ0n) is 9.66. The van der Waals surface area contributed by atoms with Gasteiger partial charge in [0.05, 0.1) is 0 Å². The van der Waals surface area contributed by atoms with Crippen LogP contribution in [0.15, 0.2) is 29.2 Å². The Morgan fingerprint density at radius 2 is 2.00 bits per heavy atom. The van der Waals surface area contributed by atoms with Crippen molar-refractivity contribution < 1.29 is 0 Å². The van der Waals surface area contributed by atoms with Crippen LogP contribution in [0, 0.1) is 5.92 Å². The zero-order chi connectivity index (χ0) is 10.8. The molecule has 0 radical (unpaired) electrons. The zero-order valence-corrected chi connectivity index (χ0v) is 10.5. The van der Waals surface area contributed by atoms with E-state index in [0.717, 1.165) is 6.54 Å². The van der Waals surface area contributed by atoms with Gasteiger partial charge in [-0.25, -0.2) is 0 Å². The minimum Gasteiger partial charge on any atom is -0.310 e. The van der Waals surface area contributed by atoms with E-state index in [1.54, 1.807) is 0 Å². The number of benzene rings is 1. The number of hydrogen-bond acceptors (Lipinski definition) is 2. The topological polar surface area (TPSA) is 12.0 Å². The first-order valence-electron chi connectivity index (χ1n) is 5.73. The lowest BCUT2D eigenvalue weighted by Gasteiger charge is -2.36. The van der Waals surface area contributed by atoms with Crippen molar-refractivity contribution in [1.29, 1.82) is 0 Å². The fourth-order valence-corrected chi connectivity index (χ4v) is 3.48. The van der Waals surface area contributed by atoms with Crippen LogP contribution in [0.3, 0.4) is 0 Å². The molecular weight excluding hydrogens is 202 g/mol. The largest absolute Gasteiger partial charge is 0.310 e. The van der Waals surface area contributed by atoms with Crippen molar-refractivity contribution in [2.45, 2.75) is 37.0 Å². The Bertz CT molecular complexity index is 337. The molecule has 0 spiro atoms. The summed E-state index contributed by atoms with van der Waals surface area (Å²) in [6.45, 7) is 7.90. The Balaban J connectivity index is 2.36. The number of hydrogen-bond donors (Lipinski definition) is 1. The fraction of sp³-hybridized carbons (Fsp3) is 0.538. The van der Waals surface area contributed by atoms with Gasteiger partial charge in [0.2, 0.25) is 0 Å².